The fourth-order valence-electron chi connectivity index (χ4n) is 3.68. The number of ether oxygens (including phenoxy) is 1. The lowest BCUT2D eigenvalue weighted by Gasteiger charge is -2.18. The highest BCUT2D eigenvalue weighted by Gasteiger charge is 2.30. The zero-order valence-electron chi connectivity index (χ0n) is 18.7. The standard InChI is InChI=1S/C25H29N3O3/c1-6-31-25(30)24(26-22(29)15-20-13-12-16(2)17(3)14-20)23-18(4)27-28(19(23)5)21-10-8-7-9-11-21/h7-14,24H,6,15H2,1-5H3,(H,26,29)/t24-/m0/s1. The second-order valence-electron chi connectivity index (χ2n) is 7.68. The van der Waals surface area contributed by atoms with Crippen LogP contribution < -0.4 is 5.32 Å². The van der Waals surface area contributed by atoms with Gasteiger partial charge in [0.25, 0.3) is 0 Å². The summed E-state index contributed by atoms with van der Waals surface area (Å²) in [6.07, 6.45) is 0.182. The third-order valence-electron chi connectivity index (χ3n) is 5.40. The van der Waals surface area contributed by atoms with E-state index in [4.69, 9.17) is 4.74 Å². The van der Waals surface area contributed by atoms with E-state index in [1.54, 1.807) is 11.6 Å². The molecule has 0 aliphatic heterocycles. The molecule has 6 heteroatoms. The molecule has 1 atom stereocenters. The lowest BCUT2D eigenvalue weighted by molar-refractivity contribution is -0.147. The van der Waals surface area contributed by atoms with Crippen LogP contribution in [0.5, 0.6) is 0 Å². The Labute approximate surface area is 183 Å². The molecule has 0 saturated heterocycles. The van der Waals surface area contributed by atoms with Crippen LogP contribution in [0.2, 0.25) is 0 Å². The molecule has 162 valence electrons. The van der Waals surface area contributed by atoms with Crippen LogP contribution in [-0.4, -0.2) is 28.3 Å². The van der Waals surface area contributed by atoms with E-state index in [9.17, 15) is 9.59 Å². The molecule has 1 heterocycles. The molecule has 3 rings (SSSR count). The van der Waals surface area contributed by atoms with E-state index in [1.165, 1.54) is 5.56 Å². The van der Waals surface area contributed by atoms with Crippen molar-refractivity contribution in [1.82, 2.24) is 15.1 Å². The highest BCUT2D eigenvalue weighted by atomic mass is 16.5. The van der Waals surface area contributed by atoms with Crippen molar-refractivity contribution in [3.8, 4) is 5.69 Å². The molecule has 0 unspecified atom stereocenters. The summed E-state index contributed by atoms with van der Waals surface area (Å²) in [5.41, 5.74) is 6.21. The predicted molar refractivity (Wildman–Crippen MR) is 120 cm³/mol. The molecule has 31 heavy (non-hydrogen) atoms. The van der Waals surface area contributed by atoms with Crippen molar-refractivity contribution in [1.29, 1.82) is 0 Å². The van der Waals surface area contributed by atoms with E-state index in [0.29, 0.717) is 11.3 Å². The number of amides is 1. The quantitative estimate of drug-likeness (QED) is 0.586. The average molecular weight is 420 g/mol. The Bertz CT molecular complexity index is 1090. The third kappa shape index (κ3) is 5.02. The Morgan fingerprint density at radius 3 is 2.39 bits per heavy atom. The molecule has 0 aliphatic carbocycles. The Morgan fingerprint density at radius 2 is 1.74 bits per heavy atom. The second kappa shape index (κ2) is 9.60. The maximum absolute atomic E-state index is 12.9. The number of nitrogens with zero attached hydrogens (tertiary/aromatic N) is 2. The molecule has 1 aromatic heterocycles. The molecule has 0 spiro atoms. The van der Waals surface area contributed by atoms with E-state index < -0.39 is 12.0 Å². The maximum Gasteiger partial charge on any atom is 0.333 e. The summed E-state index contributed by atoms with van der Waals surface area (Å²) in [5, 5.41) is 7.49. The largest absolute Gasteiger partial charge is 0.464 e. The minimum absolute atomic E-state index is 0.182. The Kier molecular flexibility index (Phi) is 6.90. The van der Waals surface area contributed by atoms with Crippen LogP contribution in [0.3, 0.4) is 0 Å². The summed E-state index contributed by atoms with van der Waals surface area (Å²) in [6.45, 7) is 9.76. The Morgan fingerprint density at radius 1 is 1.03 bits per heavy atom. The third-order valence-corrected chi connectivity index (χ3v) is 5.40. The van der Waals surface area contributed by atoms with Crippen LogP contribution in [-0.2, 0) is 20.7 Å². The molecular weight excluding hydrogens is 390 g/mol. The fourth-order valence-corrected chi connectivity index (χ4v) is 3.68. The number of para-hydroxylation sites is 1. The van der Waals surface area contributed by atoms with Gasteiger partial charge in [0.2, 0.25) is 5.91 Å². The summed E-state index contributed by atoms with van der Waals surface area (Å²) in [4.78, 5) is 25.7. The van der Waals surface area contributed by atoms with Gasteiger partial charge in [-0.1, -0.05) is 36.4 Å². The summed E-state index contributed by atoms with van der Waals surface area (Å²) in [5.74, 6) is -0.734. The lowest BCUT2D eigenvalue weighted by Crippen LogP contribution is -2.36. The smallest absolute Gasteiger partial charge is 0.333 e. The molecule has 1 amide bonds. The molecule has 3 aromatic rings. The van der Waals surface area contributed by atoms with E-state index in [2.05, 4.69) is 10.4 Å². The molecule has 2 aromatic carbocycles. The second-order valence-corrected chi connectivity index (χ2v) is 7.68. The van der Waals surface area contributed by atoms with Gasteiger partial charge in [0.15, 0.2) is 6.04 Å². The predicted octanol–water partition coefficient (Wildman–Crippen LogP) is 4.07. The number of hydrogen-bond acceptors (Lipinski definition) is 4. The molecule has 1 N–H and O–H groups in total. The van der Waals surface area contributed by atoms with Crippen molar-refractivity contribution in [2.24, 2.45) is 0 Å². The summed E-state index contributed by atoms with van der Waals surface area (Å²) in [6, 6.07) is 14.7. The number of hydrogen-bond donors (Lipinski definition) is 1. The number of aryl methyl sites for hydroxylation is 3. The van der Waals surface area contributed by atoms with Crippen molar-refractivity contribution in [2.45, 2.75) is 47.1 Å². The molecule has 0 bridgehead atoms. The molecule has 0 saturated carbocycles. The highest BCUT2D eigenvalue weighted by molar-refractivity contribution is 5.87. The van der Waals surface area contributed by atoms with Gasteiger partial charge in [0.05, 0.1) is 24.4 Å². The van der Waals surface area contributed by atoms with Gasteiger partial charge in [-0.05, 0) is 63.4 Å². The van der Waals surface area contributed by atoms with Gasteiger partial charge in [0, 0.05) is 11.3 Å². The number of nitrogens with one attached hydrogen (secondary N) is 1. The SMILES string of the molecule is CCOC(=O)[C@@H](NC(=O)Cc1ccc(C)c(C)c1)c1c(C)nn(-c2ccccc2)c1C. The van der Waals surface area contributed by atoms with E-state index >= 15 is 0 Å². The maximum atomic E-state index is 12.9. The molecular formula is C25H29N3O3. The lowest BCUT2D eigenvalue weighted by atomic mass is 10.0. The van der Waals surface area contributed by atoms with Crippen LogP contribution >= 0.6 is 0 Å². The Hall–Kier alpha value is -3.41. The number of aromatic nitrogens is 2. The van der Waals surface area contributed by atoms with Gasteiger partial charge < -0.3 is 10.1 Å². The topological polar surface area (TPSA) is 73.2 Å². The van der Waals surface area contributed by atoms with E-state index in [0.717, 1.165) is 22.5 Å². The van der Waals surface area contributed by atoms with Crippen molar-refractivity contribution in [3.05, 3.63) is 82.2 Å². The van der Waals surface area contributed by atoms with Gasteiger partial charge in [0.1, 0.15) is 0 Å². The highest BCUT2D eigenvalue weighted by Crippen LogP contribution is 2.25. The fraction of sp³-hybridized carbons (Fsp3) is 0.320. The van der Waals surface area contributed by atoms with E-state index in [-0.39, 0.29) is 18.9 Å². The van der Waals surface area contributed by atoms with Crippen molar-refractivity contribution in [2.75, 3.05) is 6.61 Å². The summed E-state index contributed by atoms with van der Waals surface area (Å²) in [7, 11) is 0. The molecule has 6 nitrogen and oxygen atoms in total. The van der Waals surface area contributed by atoms with Crippen molar-refractivity contribution >= 4 is 11.9 Å². The first kappa shape index (κ1) is 22.3. The van der Waals surface area contributed by atoms with Crippen LogP contribution in [0, 0.1) is 27.7 Å². The normalized spacial score (nSPS) is 11.8. The number of rotatable bonds is 7. The summed E-state index contributed by atoms with van der Waals surface area (Å²) >= 11 is 0. The van der Waals surface area contributed by atoms with Gasteiger partial charge in [-0.15, -0.1) is 0 Å². The van der Waals surface area contributed by atoms with E-state index in [1.807, 2.05) is 76.2 Å². The number of carbonyl (C=O) groups excluding carboxylic acids is 2. The first-order valence-electron chi connectivity index (χ1n) is 10.5. The molecule has 0 fully saturated rings. The minimum atomic E-state index is -0.920. The van der Waals surface area contributed by atoms with Gasteiger partial charge >= 0.3 is 5.97 Å². The minimum Gasteiger partial charge on any atom is -0.464 e. The average Bonchev–Trinajstić information content (AvgIpc) is 3.04. The first-order valence-corrected chi connectivity index (χ1v) is 10.5. The summed E-state index contributed by atoms with van der Waals surface area (Å²) < 4.78 is 7.06. The van der Waals surface area contributed by atoms with Gasteiger partial charge in [-0.2, -0.15) is 5.10 Å². The van der Waals surface area contributed by atoms with Crippen molar-refractivity contribution < 1.29 is 14.3 Å². The zero-order chi connectivity index (χ0) is 22.5. The zero-order valence-corrected chi connectivity index (χ0v) is 18.7. The number of esters is 1. The Balaban J connectivity index is 1.91. The van der Waals surface area contributed by atoms with Crippen molar-refractivity contribution in [3.63, 3.8) is 0 Å². The van der Waals surface area contributed by atoms with Crippen LogP contribution in [0.4, 0.5) is 0 Å². The number of benzene rings is 2. The van der Waals surface area contributed by atoms with Crippen LogP contribution in [0.15, 0.2) is 48.5 Å². The molecule has 0 radical (unpaired) electrons. The van der Waals surface area contributed by atoms with Gasteiger partial charge in [-0.3, -0.25) is 4.79 Å². The monoisotopic (exact) mass is 419 g/mol. The van der Waals surface area contributed by atoms with Gasteiger partial charge in [-0.25, -0.2) is 9.48 Å². The van der Waals surface area contributed by atoms with Crippen LogP contribution in [0.25, 0.3) is 5.69 Å². The first-order chi connectivity index (χ1) is 14.8. The number of carbonyl (C=O) groups is 2. The van der Waals surface area contributed by atoms with Crippen LogP contribution in [0.1, 0.15) is 46.6 Å². The molecule has 0 aliphatic rings.